The highest BCUT2D eigenvalue weighted by Crippen LogP contribution is 2.71. The Morgan fingerprint density at radius 3 is 2.60 bits per heavy atom. The van der Waals surface area contributed by atoms with Crippen LogP contribution >= 0.6 is 0 Å². The van der Waals surface area contributed by atoms with Crippen molar-refractivity contribution in [2.24, 2.45) is 28.6 Å². The van der Waals surface area contributed by atoms with Crippen molar-refractivity contribution in [2.75, 3.05) is 13.2 Å². The first-order valence-electron chi connectivity index (χ1n) is 5.88. The molecule has 2 N–H and O–H groups in total. The van der Waals surface area contributed by atoms with Gasteiger partial charge in [0, 0.05) is 17.4 Å². The van der Waals surface area contributed by atoms with Gasteiger partial charge in [-0.15, -0.1) is 0 Å². The lowest BCUT2D eigenvalue weighted by atomic mass is 9.58. The quantitative estimate of drug-likeness (QED) is 0.671. The van der Waals surface area contributed by atoms with E-state index in [9.17, 15) is 10.2 Å². The fourth-order valence-electron chi connectivity index (χ4n) is 4.93. The topological polar surface area (TPSA) is 49.7 Å². The summed E-state index contributed by atoms with van der Waals surface area (Å²) in [5, 5.41) is 19.9. The lowest BCUT2D eigenvalue weighted by Gasteiger charge is -2.46. The molecule has 7 unspecified atom stereocenters. The van der Waals surface area contributed by atoms with Crippen LogP contribution in [-0.2, 0) is 4.74 Å². The van der Waals surface area contributed by atoms with Crippen LogP contribution in [0.3, 0.4) is 0 Å². The summed E-state index contributed by atoms with van der Waals surface area (Å²) >= 11 is 0. The molecule has 7 atom stereocenters. The largest absolute Gasteiger partial charge is 0.396 e. The second kappa shape index (κ2) is 2.58. The zero-order valence-electron chi connectivity index (χ0n) is 9.60. The zero-order valence-corrected chi connectivity index (χ0v) is 9.60. The van der Waals surface area contributed by atoms with Gasteiger partial charge in [-0.05, 0) is 17.8 Å². The minimum Gasteiger partial charge on any atom is -0.396 e. The van der Waals surface area contributed by atoms with Crippen LogP contribution in [0.5, 0.6) is 0 Å². The highest BCUT2D eigenvalue weighted by molar-refractivity contribution is 5.22. The molecule has 15 heavy (non-hydrogen) atoms. The molecule has 1 heterocycles. The highest BCUT2D eigenvalue weighted by atomic mass is 16.5. The predicted octanol–water partition coefficient (Wildman–Crippen LogP) is 0.647. The van der Waals surface area contributed by atoms with Gasteiger partial charge in [-0.1, -0.05) is 20.8 Å². The number of aliphatic hydroxyl groups is 2. The number of aliphatic hydroxyl groups excluding tert-OH is 2. The standard InChI is InChI=1S/C12H20O3/c1-6-7-9(14)10-8(6)12(3,5-15-10)11(7,2)4-13/h6-10,13-14H,4-5H2,1-3H3. The molecule has 86 valence electrons. The van der Waals surface area contributed by atoms with Crippen LogP contribution in [0.4, 0.5) is 0 Å². The van der Waals surface area contributed by atoms with E-state index in [1.165, 1.54) is 0 Å². The van der Waals surface area contributed by atoms with Gasteiger partial charge in [-0.3, -0.25) is 0 Å². The lowest BCUT2D eigenvalue weighted by molar-refractivity contribution is -0.0772. The van der Waals surface area contributed by atoms with Gasteiger partial charge in [-0.2, -0.15) is 0 Å². The van der Waals surface area contributed by atoms with Gasteiger partial charge in [-0.25, -0.2) is 0 Å². The Kier molecular flexibility index (Phi) is 1.73. The predicted molar refractivity (Wildman–Crippen MR) is 55.2 cm³/mol. The van der Waals surface area contributed by atoms with Gasteiger partial charge >= 0.3 is 0 Å². The van der Waals surface area contributed by atoms with E-state index in [2.05, 4.69) is 20.8 Å². The first kappa shape index (κ1) is 10.1. The van der Waals surface area contributed by atoms with Crippen LogP contribution in [-0.4, -0.2) is 35.6 Å². The van der Waals surface area contributed by atoms with Crippen LogP contribution in [0.1, 0.15) is 20.8 Å². The van der Waals surface area contributed by atoms with Crippen LogP contribution in [0.15, 0.2) is 0 Å². The monoisotopic (exact) mass is 212 g/mol. The summed E-state index contributed by atoms with van der Waals surface area (Å²) in [5.74, 6) is 1.09. The van der Waals surface area contributed by atoms with E-state index < -0.39 is 0 Å². The highest BCUT2D eigenvalue weighted by Gasteiger charge is 2.75. The average molecular weight is 212 g/mol. The van der Waals surface area contributed by atoms with Crippen molar-refractivity contribution in [1.29, 1.82) is 0 Å². The third-order valence-corrected chi connectivity index (χ3v) is 5.87. The summed E-state index contributed by atoms with van der Waals surface area (Å²) in [6, 6.07) is 0. The SMILES string of the molecule is CC1C2C(O)C3OCC(C)(C13)C2(C)CO. The maximum absolute atomic E-state index is 10.2. The molecule has 0 aromatic carbocycles. The molecule has 2 aliphatic carbocycles. The molecule has 0 aromatic heterocycles. The zero-order chi connectivity index (χ0) is 11.0. The molecule has 3 nitrogen and oxygen atoms in total. The molecular formula is C12H20O3. The Hall–Kier alpha value is -0.120. The third-order valence-electron chi connectivity index (χ3n) is 5.87. The summed E-state index contributed by atoms with van der Waals surface area (Å²) in [7, 11) is 0. The van der Waals surface area contributed by atoms with Gasteiger partial charge in [0.1, 0.15) is 0 Å². The summed E-state index contributed by atoms with van der Waals surface area (Å²) in [6.07, 6.45) is -0.354. The smallest absolute Gasteiger partial charge is 0.0874 e. The van der Waals surface area contributed by atoms with E-state index in [0.717, 1.165) is 0 Å². The molecule has 2 bridgehead atoms. The molecule has 0 spiro atoms. The second-order valence-electron chi connectivity index (χ2n) is 6.17. The minimum atomic E-state index is -0.377. The van der Waals surface area contributed by atoms with E-state index in [-0.39, 0.29) is 35.6 Å². The Balaban J connectivity index is 2.14. The molecule has 2 saturated carbocycles. The van der Waals surface area contributed by atoms with E-state index in [1.807, 2.05) is 0 Å². The van der Waals surface area contributed by atoms with Gasteiger partial charge in [0.2, 0.25) is 0 Å². The first-order valence-corrected chi connectivity index (χ1v) is 5.88. The van der Waals surface area contributed by atoms with Gasteiger partial charge < -0.3 is 14.9 Å². The molecule has 3 heteroatoms. The van der Waals surface area contributed by atoms with Gasteiger partial charge in [0.15, 0.2) is 0 Å². The molecule has 3 rings (SSSR count). The lowest BCUT2D eigenvalue weighted by Crippen LogP contribution is -2.51. The molecule has 1 saturated heterocycles. The molecule has 1 aliphatic heterocycles. The Morgan fingerprint density at radius 1 is 1.33 bits per heavy atom. The number of rotatable bonds is 1. The third kappa shape index (κ3) is 0.787. The molecule has 0 aromatic rings. The van der Waals surface area contributed by atoms with Crippen molar-refractivity contribution in [1.82, 2.24) is 0 Å². The Labute approximate surface area is 90.4 Å². The molecule has 3 aliphatic rings. The van der Waals surface area contributed by atoms with Crippen LogP contribution in [0, 0.1) is 28.6 Å². The molecule has 3 fully saturated rings. The Morgan fingerprint density at radius 2 is 2.00 bits per heavy atom. The van der Waals surface area contributed by atoms with Crippen molar-refractivity contribution in [3.8, 4) is 0 Å². The van der Waals surface area contributed by atoms with Crippen molar-refractivity contribution in [3.63, 3.8) is 0 Å². The number of hydrogen-bond donors (Lipinski definition) is 2. The van der Waals surface area contributed by atoms with Crippen LogP contribution in [0.2, 0.25) is 0 Å². The van der Waals surface area contributed by atoms with Crippen molar-refractivity contribution >= 4 is 0 Å². The normalized spacial score (nSPS) is 66.6. The number of hydrogen-bond acceptors (Lipinski definition) is 3. The molecule has 0 radical (unpaired) electrons. The van der Waals surface area contributed by atoms with Crippen molar-refractivity contribution in [3.05, 3.63) is 0 Å². The van der Waals surface area contributed by atoms with Crippen molar-refractivity contribution in [2.45, 2.75) is 33.0 Å². The van der Waals surface area contributed by atoms with E-state index >= 15 is 0 Å². The molecular weight excluding hydrogens is 192 g/mol. The Bertz CT molecular complexity index is 305. The summed E-state index contributed by atoms with van der Waals surface area (Å²) in [5.41, 5.74) is -0.126. The summed E-state index contributed by atoms with van der Waals surface area (Å²) in [6.45, 7) is 7.38. The average Bonchev–Trinajstić information content (AvgIpc) is 2.70. The summed E-state index contributed by atoms with van der Waals surface area (Å²) in [4.78, 5) is 0. The number of ether oxygens (including phenoxy) is 1. The maximum Gasteiger partial charge on any atom is 0.0874 e. The molecule has 0 amide bonds. The fraction of sp³-hybridized carbons (Fsp3) is 1.00. The second-order valence-corrected chi connectivity index (χ2v) is 6.17. The minimum absolute atomic E-state index is 0.0228. The van der Waals surface area contributed by atoms with E-state index in [1.54, 1.807) is 0 Å². The first-order chi connectivity index (χ1) is 6.97. The van der Waals surface area contributed by atoms with E-state index in [0.29, 0.717) is 18.4 Å². The maximum atomic E-state index is 10.2. The summed E-state index contributed by atoms with van der Waals surface area (Å²) < 4.78 is 5.75. The van der Waals surface area contributed by atoms with Gasteiger partial charge in [0.25, 0.3) is 0 Å². The van der Waals surface area contributed by atoms with Crippen molar-refractivity contribution < 1.29 is 14.9 Å². The van der Waals surface area contributed by atoms with Crippen LogP contribution < -0.4 is 0 Å². The van der Waals surface area contributed by atoms with Crippen LogP contribution in [0.25, 0.3) is 0 Å². The fourth-order valence-corrected chi connectivity index (χ4v) is 4.93. The van der Waals surface area contributed by atoms with E-state index in [4.69, 9.17) is 4.74 Å². The number of fused-ring (bicyclic) bond motifs is 1. The van der Waals surface area contributed by atoms with Gasteiger partial charge in [0.05, 0.1) is 18.8 Å².